The highest BCUT2D eigenvalue weighted by Crippen LogP contribution is 2.33. The van der Waals surface area contributed by atoms with E-state index < -0.39 is 0 Å². The molecule has 0 saturated heterocycles. The van der Waals surface area contributed by atoms with Gasteiger partial charge < -0.3 is 0 Å². The highest BCUT2D eigenvalue weighted by molar-refractivity contribution is 6.25. The standard InChI is InChI=1S/C16H17NO2.ClH/c1-9-10(2)16(19)14(12(4)15(9)18)11(3)13-6-5-7-17-8-13;/h5-8,11H,1-4H3;1H. The summed E-state index contributed by atoms with van der Waals surface area (Å²) < 4.78 is 0. The Morgan fingerprint density at radius 1 is 1.00 bits per heavy atom. The van der Waals surface area contributed by atoms with Gasteiger partial charge in [0.25, 0.3) is 0 Å². The lowest BCUT2D eigenvalue weighted by Gasteiger charge is -2.23. The van der Waals surface area contributed by atoms with Gasteiger partial charge in [-0.3, -0.25) is 14.6 Å². The van der Waals surface area contributed by atoms with E-state index in [0.29, 0.717) is 22.3 Å². The van der Waals surface area contributed by atoms with Gasteiger partial charge in [-0.25, -0.2) is 0 Å². The maximum atomic E-state index is 12.4. The zero-order valence-corrected chi connectivity index (χ0v) is 12.9. The van der Waals surface area contributed by atoms with E-state index in [4.69, 9.17) is 0 Å². The molecule has 1 aromatic heterocycles. The number of nitrogens with zero attached hydrogens (tertiary/aromatic N) is 1. The molecule has 3 nitrogen and oxygen atoms in total. The van der Waals surface area contributed by atoms with Crippen molar-refractivity contribution in [2.75, 3.05) is 0 Å². The third kappa shape index (κ3) is 2.59. The van der Waals surface area contributed by atoms with Crippen LogP contribution in [0.2, 0.25) is 0 Å². The van der Waals surface area contributed by atoms with Crippen LogP contribution in [0.25, 0.3) is 0 Å². The molecule has 1 atom stereocenters. The lowest BCUT2D eigenvalue weighted by atomic mass is 9.79. The number of halogens is 1. The maximum Gasteiger partial charge on any atom is 0.186 e. The molecule has 0 aromatic carbocycles. The Morgan fingerprint density at radius 2 is 1.60 bits per heavy atom. The van der Waals surface area contributed by atoms with Crippen molar-refractivity contribution in [2.45, 2.75) is 33.6 Å². The van der Waals surface area contributed by atoms with E-state index in [1.54, 1.807) is 33.2 Å². The number of hydrogen-bond donors (Lipinski definition) is 0. The fraction of sp³-hybridized carbons (Fsp3) is 0.312. The number of carbonyl (C=O) groups is 2. The number of pyridine rings is 1. The third-order valence-electron chi connectivity index (χ3n) is 3.85. The fourth-order valence-electron chi connectivity index (χ4n) is 2.44. The summed E-state index contributed by atoms with van der Waals surface area (Å²) in [6.07, 6.45) is 3.43. The molecule has 0 fully saturated rings. The zero-order valence-electron chi connectivity index (χ0n) is 12.1. The van der Waals surface area contributed by atoms with Crippen molar-refractivity contribution in [3.05, 3.63) is 52.4 Å². The van der Waals surface area contributed by atoms with Crippen LogP contribution in [0, 0.1) is 0 Å². The van der Waals surface area contributed by atoms with Crippen molar-refractivity contribution in [2.24, 2.45) is 0 Å². The molecule has 0 aliphatic heterocycles. The lowest BCUT2D eigenvalue weighted by Crippen LogP contribution is -2.23. The van der Waals surface area contributed by atoms with Crippen molar-refractivity contribution in [1.82, 2.24) is 4.98 Å². The molecule has 2 rings (SSSR count). The van der Waals surface area contributed by atoms with Gasteiger partial charge in [0.2, 0.25) is 0 Å². The van der Waals surface area contributed by atoms with Crippen LogP contribution in [0.3, 0.4) is 0 Å². The quantitative estimate of drug-likeness (QED) is 0.785. The van der Waals surface area contributed by atoms with Crippen LogP contribution in [-0.2, 0) is 9.59 Å². The second kappa shape index (κ2) is 6.14. The number of allylic oxidation sites excluding steroid dienone is 4. The Bertz CT molecular complexity index is 615. The Hall–Kier alpha value is -1.74. The van der Waals surface area contributed by atoms with Crippen LogP contribution in [0.15, 0.2) is 46.8 Å². The van der Waals surface area contributed by atoms with Gasteiger partial charge in [0.15, 0.2) is 11.6 Å². The van der Waals surface area contributed by atoms with Crippen LogP contribution in [0.5, 0.6) is 0 Å². The SMILES string of the molecule is CC1=C(C)C(=O)C(C(C)c2cccnc2)=C(C)C1=O.Cl. The van der Waals surface area contributed by atoms with Gasteiger partial charge in [0.05, 0.1) is 0 Å². The second-order valence-corrected chi connectivity index (χ2v) is 4.95. The molecular weight excluding hydrogens is 274 g/mol. The Kier molecular flexibility index (Phi) is 5.01. The van der Waals surface area contributed by atoms with E-state index in [-0.39, 0.29) is 29.9 Å². The van der Waals surface area contributed by atoms with E-state index in [0.717, 1.165) is 5.56 Å². The van der Waals surface area contributed by atoms with Crippen molar-refractivity contribution < 1.29 is 9.59 Å². The molecule has 0 saturated carbocycles. The molecule has 0 N–H and O–H groups in total. The molecule has 20 heavy (non-hydrogen) atoms. The van der Waals surface area contributed by atoms with E-state index in [1.165, 1.54) is 0 Å². The smallest absolute Gasteiger partial charge is 0.186 e. The maximum absolute atomic E-state index is 12.4. The van der Waals surface area contributed by atoms with Gasteiger partial charge >= 0.3 is 0 Å². The van der Waals surface area contributed by atoms with Gasteiger partial charge in [-0.05, 0) is 32.4 Å². The van der Waals surface area contributed by atoms with Crippen LogP contribution in [-0.4, -0.2) is 16.6 Å². The molecule has 1 aliphatic carbocycles. The normalized spacial score (nSPS) is 17.2. The summed E-state index contributed by atoms with van der Waals surface area (Å²) in [6.45, 7) is 7.11. The first kappa shape index (κ1) is 16.3. The van der Waals surface area contributed by atoms with Crippen LogP contribution >= 0.6 is 12.4 Å². The summed E-state index contributed by atoms with van der Waals surface area (Å²) in [5, 5.41) is 0. The number of Topliss-reactive ketones (excluding diaryl/α,β-unsaturated/α-hetero) is 2. The Labute approximate surface area is 125 Å². The molecule has 106 valence electrons. The van der Waals surface area contributed by atoms with Gasteiger partial charge in [-0.1, -0.05) is 13.0 Å². The van der Waals surface area contributed by atoms with E-state index >= 15 is 0 Å². The Balaban J connectivity index is 0.00000200. The minimum atomic E-state index is -0.117. The number of aromatic nitrogens is 1. The summed E-state index contributed by atoms with van der Waals surface area (Å²) in [7, 11) is 0. The van der Waals surface area contributed by atoms with Crippen LogP contribution in [0.4, 0.5) is 0 Å². The second-order valence-electron chi connectivity index (χ2n) is 4.95. The summed E-state index contributed by atoms with van der Waals surface area (Å²) >= 11 is 0. The van der Waals surface area contributed by atoms with Gasteiger partial charge in [0.1, 0.15) is 0 Å². The minimum absolute atomic E-state index is 0. The molecule has 1 aromatic rings. The first-order chi connectivity index (χ1) is 8.95. The molecule has 1 unspecified atom stereocenters. The highest BCUT2D eigenvalue weighted by atomic mass is 35.5. The van der Waals surface area contributed by atoms with Crippen LogP contribution in [0.1, 0.15) is 39.2 Å². The van der Waals surface area contributed by atoms with Crippen molar-refractivity contribution in [1.29, 1.82) is 0 Å². The highest BCUT2D eigenvalue weighted by Gasteiger charge is 2.31. The first-order valence-electron chi connectivity index (χ1n) is 6.32. The fourth-order valence-corrected chi connectivity index (χ4v) is 2.44. The first-order valence-corrected chi connectivity index (χ1v) is 6.32. The summed E-state index contributed by atoms with van der Waals surface area (Å²) in [4.78, 5) is 28.6. The minimum Gasteiger partial charge on any atom is -0.289 e. The monoisotopic (exact) mass is 291 g/mol. The predicted molar refractivity (Wildman–Crippen MR) is 81.0 cm³/mol. The molecule has 0 spiro atoms. The summed E-state index contributed by atoms with van der Waals surface area (Å²) in [5.41, 5.74) is 3.22. The third-order valence-corrected chi connectivity index (χ3v) is 3.85. The molecule has 0 bridgehead atoms. The molecule has 0 amide bonds. The largest absolute Gasteiger partial charge is 0.289 e. The molecule has 0 radical (unpaired) electrons. The van der Waals surface area contributed by atoms with Gasteiger partial charge in [-0.15, -0.1) is 12.4 Å². The molecule has 1 aliphatic rings. The topological polar surface area (TPSA) is 47.0 Å². The van der Waals surface area contributed by atoms with Crippen molar-refractivity contribution >= 4 is 24.0 Å². The summed E-state index contributed by atoms with van der Waals surface area (Å²) in [5.74, 6) is -0.165. The number of hydrogen-bond acceptors (Lipinski definition) is 3. The van der Waals surface area contributed by atoms with E-state index in [2.05, 4.69) is 4.98 Å². The van der Waals surface area contributed by atoms with Crippen LogP contribution < -0.4 is 0 Å². The lowest BCUT2D eigenvalue weighted by molar-refractivity contribution is -0.116. The average Bonchev–Trinajstić information content (AvgIpc) is 2.44. The zero-order chi connectivity index (χ0) is 14.2. The average molecular weight is 292 g/mol. The molecular formula is C16H18ClNO2. The number of ketones is 2. The van der Waals surface area contributed by atoms with E-state index in [9.17, 15) is 9.59 Å². The molecule has 1 heterocycles. The van der Waals surface area contributed by atoms with Gasteiger partial charge in [0, 0.05) is 40.6 Å². The van der Waals surface area contributed by atoms with Crippen molar-refractivity contribution in [3.63, 3.8) is 0 Å². The number of carbonyl (C=O) groups excluding carboxylic acids is 2. The van der Waals surface area contributed by atoms with E-state index in [1.807, 2.05) is 19.1 Å². The number of rotatable bonds is 2. The summed E-state index contributed by atoms with van der Waals surface area (Å²) in [6, 6.07) is 3.76. The predicted octanol–water partition coefficient (Wildman–Crippen LogP) is 3.41. The molecule has 4 heteroatoms. The van der Waals surface area contributed by atoms with Crippen molar-refractivity contribution in [3.8, 4) is 0 Å². The van der Waals surface area contributed by atoms with Gasteiger partial charge in [-0.2, -0.15) is 0 Å². The Morgan fingerprint density at radius 3 is 2.15 bits per heavy atom.